The van der Waals surface area contributed by atoms with Crippen LogP contribution in [0, 0.1) is 0 Å². The highest BCUT2D eigenvalue weighted by Gasteiger charge is 2.37. The second kappa shape index (κ2) is 5.63. The zero-order chi connectivity index (χ0) is 10.6. The van der Waals surface area contributed by atoms with E-state index in [1.54, 1.807) is 0 Å². The fourth-order valence-electron chi connectivity index (χ4n) is 1.27. The van der Waals surface area contributed by atoms with Crippen LogP contribution >= 0.6 is 0 Å². The van der Waals surface area contributed by atoms with Crippen LogP contribution in [-0.2, 0) is 9.47 Å². The lowest BCUT2D eigenvalue weighted by Gasteiger charge is -2.34. The summed E-state index contributed by atoms with van der Waals surface area (Å²) in [5.74, 6) is 0. The molecule has 0 aromatic rings. The van der Waals surface area contributed by atoms with Crippen molar-refractivity contribution in [2.24, 2.45) is 0 Å². The van der Waals surface area contributed by atoms with E-state index in [-0.39, 0.29) is 6.61 Å². The van der Waals surface area contributed by atoms with Crippen LogP contribution in [0.25, 0.3) is 0 Å². The molecule has 0 bridgehead atoms. The Morgan fingerprint density at radius 2 is 2.00 bits per heavy atom. The molecule has 1 aliphatic rings. The van der Waals surface area contributed by atoms with Gasteiger partial charge in [-0.05, 0) is 6.42 Å². The number of ether oxygens (including phenoxy) is 2. The lowest BCUT2D eigenvalue weighted by atomic mass is 10.1. The van der Waals surface area contributed by atoms with E-state index in [1.807, 2.05) is 6.92 Å². The van der Waals surface area contributed by atoms with Crippen molar-refractivity contribution in [3.63, 3.8) is 0 Å². The van der Waals surface area contributed by atoms with Gasteiger partial charge in [-0.25, -0.2) is 0 Å². The molecule has 5 heteroatoms. The molecule has 14 heavy (non-hydrogen) atoms. The molecule has 84 valence electrons. The highest BCUT2D eigenvalue weighted by atomic mass is 16.7. The van der Waals surface area contributed by atoms with Crippen molar-refractivity contribution in [3.05, 3.63) is 0 Å². The van der Waals surface area contributed by atoms with Crippen molar-refractivity contribution >= 4 is 0 Å². The van der Waals surface area contributed by atoms with E-state index in [4.69, 9.17) is 14.6 Å². The lowest BCUT2D eigenvalue weighted by Crippen LogP contribution is -2.53. The molecule has 0 aromatic carbocycles. The van der Waals surface area contributed by atoms with Crippen molar-refractivity contribution in [1.82, 2.24) is 0 Å². The van der Waals surface area contributed by atoms with E-state index < -0.39 is 24.6 Å². The summed E-state index contributed by atoms with van der Waals surface area (Å²) in [5.41, 5.74) is 0. The number of aliphatic hydroxyl groups is 3. The molecule has 1 fully saturated rings. The summed E-state index contributed by atoms with van der Waals surface area (Å²) in [4.78, 5) is 0. The Hall–Kier alpha value is -0.200. The second-order valence-electron chi connectivity index (χ2n) is 3.47. The van der Waals surface area contributed by atoms with Gasteiger partial charge < -0.3 is 24.8 Å². The Kier molecular flexibility index (Phi) is 4.77. The van der Waals surface area contributed by atoms with Gasteiger partial charge in [0.1, 0.15) is 18.3 Å². The summed E-state index contributed by atoms with van der Waals surface area (Å²) in [6.07, 6.45) is -2.33. The van der Waals surface area contributed by atoms with Crippen LogP contribution in [-0.4, -0.2) is 53.1 Å². The molecule has 0 spiro atoms. The highest BCUT2D eigenvalue weighted by Crippen LogP contribution is 2.16. The van der Waals surface area contributed by atoms with Gasteiger partial charge in [-0.15, -0.1) is 0 Å². The number of rotatable bonds is 4. The number of aliphatic hydroxyl groups excluding tert-OH is 3. The Morgan fingerprint density at radius 3 is 2.64 bits per heavy atom. The maximum atomic E-state index is 9.45. The Morgan fingerprint density at radius 1 is 1.29 bits per heavy atom. The summed E-state index contributed by atoms with van der Waals surface area (Å²) in [7, 11) is 0. The molecule has 0 aliphatic carbocycles. The number of hydrogen-bond donors (Lipinski definition) is 3. The van der Waals surface area contributed by atoms with E-state index in [1.165, 1.54) is 0 Å². The molecule has 0 saturated carbocycles. The monoisotopic (exact) mass is 206 g/mol. The van der Waals surface area contributed by atoms with Crippen molar-refractivity contribution in [2.75, 3.05) is 13.2 Å². The molecule has 1 saturated heterocycles. The normalized spacial score (nSPS) is 38.6. The predicted octanol–water partition coefficient (Wildman–Crippen LogP) is -0.758. The van der Waals surface area contributed by atoms with Gasteiger partial charge in [0, 0.05) is 6.61 Å². The summed E-state index contributed by atoms with van der Waals surface area (Å²) >= 11 is 0. The smallest absolute Gasteiger partial charge is 0.186 e. The van der Waals surface area contributed by atoms with Crippen LogP contribution in [0.5, 0.6) is 0 Å². The average Bonchev–Trinajstić information content (AvgIpc) is 2.18. The van der Waals surface area contributed by atoms with Crippen molar-refractivity contribution < 1.29 is 24.8 Å². The third kappa shape index (κ3) is 2.90. The Balaban J connectivity index is 2.31. The minimum atomic E-state index is -1.18. The second-order valence-corrected chi connectivity index (χ2v) is 3.47. The molecule has 0 unspecified atom stereocenters. The van der Waals surface area contributed by atoms with Gasteiger partial charge in [0.05, 0.1) is 6.61 Å². The van der Waals surface area contributed by atoms with Crippen LogP contribution in [0.4, 0.5) is 0 Å². The van der Waals surface area contributed by atoms with Gasteiger partial charge in [0.15, 0.2) is 6.29 Å². The third-order valence-corrected chi connectivity index (χ3v) is 2.23. The maximum absolute atomic E-state index is 9.45. The summed E-state index contributed by atoms with van der Waals surface area (Å²) in [5, 5.41) is 27.9. The predicted molar refractivity (Wildman–Crippen MR) is 48.6 cm³/mol. The van der Waals surface area contributed by atoms with Gasteiger partial charge in [-0.1, -0.05) is 13.3 Å². The van der Waals surface area contributed by atoms with Crippen LogP contribution in [0.3, 0.4) is 0 Å². The molecule has 1 rings (SSSR count). The van der Waals surface area contributed by atoms with Crippen molar-refractivity contribution in [1.29, 1.82) is 0 Å². The van der Waals surface area contributed by atoms with Crippen LogP contribution in [0.15, 0.2) is 0 Å². The molecule has 3 N–H and O–H groups in total. The fraction of sp³-hybridized carbons (Fsp3) is 1.00. The molecule has 0 aromatic heterocycles. The van der Waals surface area contributed by atoms with Gasteiger partial charge >= 0.3 is 0 Å². The van der Waals surface area contributed by atoms with E-state index in [9.17, 15) is 10.2 Å². The third-order valence-electron chi connectivity index (χ3n) is 2.23. The Bertz CT molecular complexity index is 163. The van der Waals surface area contributed by atoms with Crippen molar-refractivity contribution in [3.8, 4) is 0 Å². The van der Waals surface area contributed by atoms with Crippen LogP contribution < -0.4 is 0 Å². The van der Waals surface area contributed by atoms with E-state index >= 15 is 0 Å². The molecule has 0 radical (unpaired) electrons. The average molecular weight is 206 g/mol. The van der Waals surface area contributed by atoms with Crippen LogP contribution in [0.1, 0.15) is 19.8 Å². The highest BCUT2D eigenvalue weighted by molar-refractivity contribution is 4.82. The zero-order valence-corrected chi connectivity index (χ0v) is 8.30. The number of unbranched alkanes of at least 4 members (excludes halogenated alkanes) is 1. The summed E-state index contributed by atoms with van der Waals surface area (Å²) in [6.45, 7) is 2.51. The topological polar surface area (TPSA) is 79.2 Å². The maximum Gasteiger partial charge on any atom is 0.186 e. The molecule has 4 atom stereocenters. The fourth-order valence-corrected chi connectivity index (χ4v) is 1.27. The lowest BCUT2D eigenvalue weighted by molar-refractivity contribution is -0.269. The number of hydrogen-bond acceptors (Lipinski definition) is 5. The molecular weight excluding hydrogens is 188 g/mol. The first-order valence-electron chi connectivity index (χ1n) is 4.94. The SMILES string of the molecule is CCCCO[C@@H]1OC[C@H](O)[C@@H](O)[C@@H]1O. The summed E-state index contributed by atoms with van der Waals surface area (Å²) in [6, 6.07) is 0. The van der Waals surface area contributed by atoms with E-state index in [2.05, 4.69) is 0 Å². The van der Waals surface area contributed by atoms with Gasteiger partial charge in [-0.3, -0.25) is 0 Å². The minimum absolute atomic E-state index is 0.00494. The minimum Gasteiger partial charge on any atom is -0.388 e. The molecule has 5 nitrogen and oxygen atoms in total. The molecule has 0 amide bonds. The van der Waals surface area contributed by atoms with Crippen molar-refractivity contribution in [2.45, 2.75) is 44.4 Å². The first kappa shape index (κ1) is 11.9. The quantitative estimate of drug-likeness (QED) is 0.527. The van der Waals surface area contributed by atoms with Crippen LogP contribution in [0.2, 0.25) is 0 Å². The molecule has 1 aliphatic heterocycles. The van der Waals surface area contributed by atoms with Gasteiger partial charge in [0.2, 0.25) is 0 Å². The Labute approximate surface area is 83.3 Å². The molecular formula is C9H18O5. The first-order valence-corrected chi connectivity index (χ1v) is 4.94. The summed E-state index contributed by atoms with van der Waals surface area (Å²) < 4.78 is 10.2. The standard InChI is InChI=1S/C9H18O5/c1-2-3-4-13-9-8(12)7(11)6(10)5-14-9/h6-12H,2-5H2,1H3/t6-,7+,8-,9+/m0/s1. The zero-order valence-electron chi connectivity index (χ0n) is 8.30. The van der Waals surface area contributed by atoms with E-state index in [0.717, 1.165) is 12.8 Å². The largest absolute Gasteiger partial charge is 0.388 e. The van der Waals surface area contributed by atoms with Gasteiger partial charge in [0.25, 0.3) is 0 Å². The molecule has 1 heterocycles. The van der Waals surface area contributed by atoms with Gasteiger partial charge in [-0.2, -0.15) is 0 Å². The first-order chi connectivity index (χ1) is 6.66. The van der Waals surface area contributed by atoms with E-state index in [0.29, 0.717) is 6.61 Å².